The van der Waals surface area contributed by atoms with Gasteiger partial charge in [-0.25, -0.2) is 0 Å². The first-order valence-corrected chi connectivity index (χ1v) is 8.29. The standard InChI is InChI=1S/C21H22N2O2/c1-24-21-13-18(14-22-15-19-9-5-6-12-23-19)10-11-20(21)25-16-17-7-3-2-4-8-17/h2-13,22H,14-16H2,1H3. The molecule has 0 saturated carbocycles. The van der Waals surface area contributed by atoms with E-state index < -0.39 is 0 Å². The molecule has 4 heteroatoms. The topological polar surface area (TPSA) is 43.4 Å². The zero-order chi connectivity index (χ0) is 17.3. The molecule has 0 aliphatic heterocycles. The molecule has 25 heavy (non-hydrogen) atoms. The van der Waals surface area contributed by atoms with E-state index in [1.54, 1.807) is 13.3 Å². The average molecular weight is 334 g/mol. The summed E-state index contributed by atoms with van der Waals surface area (Å²) in [5.74, 6) is 1.49. The van der Waals surface area contributed by atoms with E-state index in [0.29, 0.717) is 6.61 Å². The predicted molar refractivity (Wildman–Crippen MR) is 98.5 cm³/mol. The second kappa shape index (κ2) is 8.85. The van der Waals surface area contributed by atoms with Gasteiger partial charge in [0.05, 0.1) is 12.8 Å². The largest absolute Gasteiger partial charge is 0.493 e. The van der Waals surface area contributed by atoms with Crippen LogP contribution in [0.1, 0.15) is 16.8 Å². The molecular formula is C21H22N2O2. The van der Waals surface area contributed by atoms with Gasteiger partial charge < -0.3 is 14.8 Å². The second-order valence-corrected chi connectivity index (χ2v) is 5.68. The zero-order valence-corrected chi connectivity index (χ0v) is 14.3. The normalized spacial score (nSPS) is 10.4. The number of rotatable bonds is 8. The summed E-state index contributed by atoms with van der Waals surface area (Å²) >= 11 is 0. The van der Waals surface area contributed by atoms with Crippen LogP contribution in [0.5, 0.6) is 11.5 Å². The molecule has 2 aromatic carbocycles. The molecule has 1 aromatic heterocycles. The monoisotopic (exact) mass is 334 g/mol. The van der Waals surface area contributed by atoms with Crippen LogP contribution in [0.3, 0.4) is 0 Å². The van der Waals surface area contributed by atoms with E-state index in [4.69, 9.17) is 9.47 Å². The maximum absolute atomic E-state index is 5.89. The third-order valence-electron chi connectivity index (χ3n) is 3.83. The quantitative estimate of drug-likeness (QED) is 0.677. The first-order chi connectivity index (χ1) is 12.3. The fourth-order valence-corrected chi connectivity index (χ4v) is 2.51. The molecule has 0 spiro atoms. The van der Waals surface area contributed by atoms with E-state index in [0.717, 1.165) is 41.4 Å². The van der Waals surface area contributed by atoms with E-state index in [1.807, 2.05) is 66.7 Å². The minimum atomic E-state index is 0.522. The van der Waals surface area contributed by atoms with Gasteiger partial charge in [0.2, 0.25) is 0 Å². The SMILES string of the molecule is COc1cc(CNCc2ccccn2)ccc1OCc1ccccc1. The molecule has 0 bridgehead atoms. The summed E-state index contributed by atoms with van der Waals surface area (Å²) in [5, 5.41) is 3.39. The first kappa shape index (κ1) is 17.0. The lowest BCUT2D eigenvalue weighted by atomic mass is 10.2. The summed E-state index contributed by atoms with van der Waals surface area (Å²) < 4.78 is 11.4. The van der Waals surface area contributed by atoms with Crippen molar-refractivity contribution in [3.8, 4) is 11.5 Å². The third kappa shape index (κ3) is 5.06. The number of hydrogen-bond acceptors (Lipinski definition) is 4. The Balaban J connectivity index is 1.57. The van der Waals surface area contributed by atoms with Gasteiger partial charge in [-0.15, -0.1) is 0 Å². The van der Waals surface area contributed by atoms with Crippen molar-refractivity contribution in [2.75, 3.05) is 7.11 Å². The molecule has 3 rings (SSSR count). The van der Waals surface area contributed by atoms with Crippen LogP contribution < -0.4 is 14.8 Å². The van der Waals surface area contributed by atoms with Crippen molar-refractivity contribution in [2.24, 2.45) is 0 Å². The number of aromatic nitrogens is 1. The van der Waals surface area contributed by atoms with Gasteiger partial charge in [0.15, 0.2) is 11.5 Å². The third-order valence-corrected chi connectivity index (χ3v) is 3.83. The van der Waals surface area contributed by atoms with Crippen molar-refractivity contribution in [1.82, 2.24) is 10.3 Å². The van der Waals surface area contributed by atoms with Crippen LogP contribution in [0.15, 0.2) is 72.9 Å². The molecule has 4 nitrogen and oxygen atoms in total. The Hall–Kier alpha value is -2.85. The van der Waals surface area contributed by atoms with Crippen LogP contribution in [-0.4, -0.2) is 12.1 Å². The second-order valence-electron chi connectivity index (χ2n) is 5.68. The van der Waals surface area contributed by atoms with Crippen LogP contribution in [-0.2, 0) is 19.7 Å². The fourth-order valence-electron chi connectivity index (χ4n) is 2.51. The zero-order valence-electron chi connectivity index (χ0n) is 14.3. The summed E-state index contributed by atoms with van der Waals surface area (Å²) in [7, 11) is 1.66. The van der Waals surface area contributed by atoms with E-state index in [-0.39, 0.29) is 0 Å². The predicted octanol–water partition coefficient (Wildman–Crippen LogP) is 3.96. The molecule has 0 aliphatic carbocycles. The lowest BCUT2D eigenvalue weighted by molar-refractivity contribution is 0.284. The lowest BCUT2D eigenvalue weighted by Gasteiger charge is -2.13. The van der Waals surface area contributed by atoms with Gasteiger partial charge >= 0.3 is 0 Å². The maximum atomic E-state index is 5.89. The maximum Gasteiger partial charge on any atom is 0.161 e. The molecule has 0 radical (unpaired) electrons. The number of nitrogens with zero attached hydrogens (tertiary/aromatic N) is 1. The van der Waals surface area contributed by atoms with E-state index in [2.05, 4.69) is 10.3 Å². The van der Waals surface area contributed by atoms with Crippen LogP contribution in [0.25, 0.3) is 0 Å². The number of nitrogens with one attached hydrogen (secondary N) is 1. The van der Waals surface area contributed by atoms with Gasteiger partial charge in [0, 0.05) is 19.3 Å². The Bertz CT molecular complexity index is 776. The highest BCUT2D eigenvalue weighted by Gasteiger charge is 2.06. The molecular weight excluding hydrogens is 312 g/mol. The number of benzene rings is 2. The highest BCUT2D eigenvalue weighted by Crippen LogP contribution is 2.28. The smallest absolute Gasteiger partial charge is 0.161 e. The Morgan fingerprint density at radius 2 is 1.68 bits per heavy atom. The molecule has 3 aromatic rings. The molecule has 128 valence electrons. The molecule has 0 saturated heterocycles. The van der Waals surface area contributed by atoms with Crippen LogP contribution in [0.4, 0.5) is 0 Å². The Morgan fingerprint density at radius 1 is 0.840 bits per heavy atom. The van der Waals surface area contributed by atoms with Gasteiger partial charge in [-0.1, -0.05) is 42.5 Å². The molecule has 0 atom stereocenters. The molecule has 1 N–H and O–H groups in total. The van der Waals surface area contributed by atoms with Crippen molar-refractivity contribution >= 4 is 0 Å². The minimum Gasteiger partial charge on any atom is -0.493 e. The average Bonchev–Trinajstić information content (AvgIpc) is 2.68. The molecule has 1 heterocycles. The Kier molecular flexibility index (Phi) is 6.01. The molecule has 0 fully saturated rings. The number of hydrogen-bond donors (Lipinski definition) is 1. The van der Waals surface area contributed by atoms with Crippen molar-refractivity contribution in [3.63, 3.8) is 0 Å². The summed E-state index contributed by atoms with van der Waals surface area (Å²) in [6, 6.07) is 22.0. The minimum absolute atomic E-state index is 0.522. The number of pyridine rings is 1. The van der Waals surface area contributed by atoms with Gasteiger partial charge in [0.25, 0.3) is 0 Å². The molecule has 0 amide bonds. The van der Waals surface area contributed by atoms with Gasteiger partial charge in [-0.05, 0) is 35.4 Å². The van der Waals surface area contributed by atoms with Crippen molar-refractivity contribution < 1.29 is 9.47 Å². The van der Waals surface area contributed by atoms with Gasteiger partial charge in [0.1, 0.15) is 6.61 Å². The van der Waals surface area contributed by atoms with E-state index in [1.165, 1.54) is 0 Å². The van der Waals surface area contributed by atoms with Crippen LogP contribution >= 0.6 is 0 Å². The van der Waals surface area contributed by atoms with Gasteiger partial charge in [-0.2, -0.15) is 0 Å². The highest BCUT2D eigenvalue weighted by molar-refractivity contribution is 5.43. The number of ether oxygens (including phenoxy) is 2. The Morgan fingerprint density at radius 3 is 2.44 bits per heavy atom. The van der Waals surface area contributed by atoms with Crippen molar-refractivity contribution in [2.45, 2.75) is 19.7 Å². The van der Waals surface area contributed by atoms with E-state index in [9.17, 15) is 0 Å². The van der Waals surface area contributed by atoms with Crippen molar-refractivity contribution in [3.05, 3.63) is 89.7 Å². The fraction of sp³-hybridized carbons (Fsp3) is 0.190. The molecule has 0 aliphatic rings. The van der Waals surface area contributed by atoms with Crippen molar-refractivity contribution in [1.29, 1.82) is 0 Å². The summed E-state index contributed by atoms with van der Waals surface area (Å²) in [6.07, 6.45) is 1.80. The Labute approximate surface area is 148 Å². The van der Waals surface area contributed by atoms with E-state index >= 15 is 0 Å². The van der Waals surface area contributed by atoms with Gasteiger partial charge in [-0.3, -0.25) is 4.98 Å². The number of methoxy groups -OCH3 is 1. The summed E-state index contributed by atoms with van der Waals surface area (Å²) in [6.45, 7) is 2.00. The van der Waals surface area contributed by atoms with Crippen LogP contribution in [0.2, 0.25) is 0 Å². The first-order valence-electron chi connectivity index (χ1n) is 8.29. The lowest BCUT2D eigenvalue weighted by Crippen LogP contribution is -2.13. The van der Waals surface area contributed by atoms with Crippen LogP contribution in [0, 0.1) is 0 Å². The molecule has 0 unspecified atom stereocenters. The highest BCUT2D eigenvalue weighted by atomic mass is 16.5. The summed E-state index contributed by atoms with van der Waals surface area (Å²) in [4.78, 5) is 4.30. The summed E-state index contributed by atoms with van der Waals surface area (Å²) in [5.41, 5.74) is 3.29.